The highest BCUT2D eigenvalue weighted by atomic mass is 32.1. The van der Waals surface area contributed by atoms with Gasteiger partial charge < -0.3 is 15.8 Å². The van der Waals surface area contributed by atoms with Crippen LogP contribution in [0.4, 0.5) is 0 Å². The largest absolute Gasteiger partial charge is 0.457 e. The van der Waals surface area contributed by atoms with Gasteiger partial charge in [0.15, 0.2) is 6.20 Å². The van der Waals surface area contributed by atoms with Crippen molar-refractivity contribution < 1.29 is 19.3 Å². The van der Waals surface area contributed by atoms with Crippen molar-refractivity contribution in [1.29, 1.82) is 0 Å². The number of amides is 2. The molecule has 2 aromatic heterocycles. The van der Waals surface area contributed by atoms with Gasteiger partial charge in [-0.1, -0.05) is 12.1 Å². The molecule has 0 bridgehead atoms. The topological polar surface area (TPSA) is 108 Å². The van der Waals surface area contributed by atoms with Crippen LogP contribution in [0.2, 0.25) is 0 Å². The van der Waals surface area contributed by atoms with Gasteiger partial charge in [0.1, 0.15) is 17.2 Å². The van der Waals surface area contributed by atoms with Crippen LogP contribution >= 0.6 is 11.3 Å². The number of pyridine rings is 1. The first-order chi connectivity index (χ1) is 13.0. The molecule has 0 spiro atoms. The molecule has 27 heavy (non-hydrogen) atoms. The Bertz CT molecular complexity index is 971. The van der Waals surface area contributed by atoms with Crippen LogP contribution in [0.5, 0.6) is 11.5 Å². The number of thiazole rings is 1. The molecule has 0 radical (unpaired) electrons. The molecule has 0 aliphatic heterocycles. The van der Waals surface area contributed by atoms with Gasteiger partial charge in [0.2, 0.25) is 0 Å². The monoisotopic (exact) mass is 383 g/mol. The van der Waals surface area contributed by atoms with Gasteiger partial charge in [-0.2, -0.15) is 0 Å². The van der Waals surface area contributed by atoms with Crippen LogP contribution in [0.1, 0.15) is 31.5 Å². The summed E-state index contributed by atoms with van der Waals surface area (Å²) in [4.78, 5) is 30.2. The molecular formula is C19H19N4O3S+. The van der Waals surface area contributed by atoms with E-state index in [1.807, 2.05) is 31.2 Å². The molecule has 2 amide bonds. The normalized spacial score (nSPS) is 10.4. The van der Waals surface area contributed by atoms with Crippen molar-refractivity contribution in [3.63, 3.8) is 0 Å². The van der Waals surface area contributed by atoms with Crippen LogP contribution in [0, 0.1) is 6.92 Å². The Morgan fingerprint density at radius 3 is 2.81 bits per heavy atom. The number of hydrogen-bond donors (Lipinski definition) is 2. The molecule has 4 N–H and O–H groups in total. The van der Waals surface area contributed by atoms with Crippen LogP contribution in [0.25, 0.3) is 0 Å². The number of aryl methyl sites for hydroxylation is 1. The molecular weight excluding hydrogens is 364 g/mol. The maximum Gasteiger partial charge on any atom is 0.313 e. The first-order valence-electron chi connectivity index (χ1n) is 8.30. The molecule has 3 rings (SSSR count). The van der Waals surface area contributed by atoms with Gasteiger partial charge in [-0.15, -0.1) is 11.3 Å². The van der Waals surface area contributed by atoms with Crippen molar-refractivity contribution in [2.75, 3.05) is 6.54 Å². The van der Waals surface area contributed by atoms with E-state index in [2.05, 4.69) is 15.3 Å². The van der Waals surface area contributed by atoms with Crippen molar-refractivity contribution in [3.8, 4) is 11.5 Å². The van der Waals surface area contributed by atoms with Crippen molar-refractivity contribution in [2.24, 2.45) is 5.73 Å². The average Bonchev–Trinajstić information content (AvgIpc) is 3.09. The Balaban J connectivity index is 1.58. The summed E-state index contributed by atoms with van der Waals surface area (Å²) in [5.74, 6) is 0.411. The van der Waals surface area contributed by atoms with Crippen molar-refractivity contribution in [2.45, 2.75) is 13.3 Å². The van der Waals surface area contributed by atoms with E-state index >= 15 is 0 Å². The number of benzene rings is 1. The molecule has 0 aliphatic rings. The number of carbonyl (C=O) groups excluding carboxylic acids is 2. The number of carbonyl (C=O) groups is 2. The number of hydrogen-bond acceptors (Lipinski definition) is 5. The molecule has 8 heteroatoms. The van der Waals surface area contributed by atoms with E-state index in [0.717, 1.165) is 10.6 Å². The van der Waals surface area contributed by atoms with Crippen LogP contribution in [0.3, 0.4) is 0 Å². The van der Waals surface area contributed by atoms with Crippen LogP contribution in [0.15, 0.2) is 48.0 Å². The SMILES string of the molecule is Cc1nc(C(=O)NCCc2cccc(Oc3cc[nH+]c(C(N)=O)c3)c2)cs1. The van der Waals surface area contributed by atoms with Crippen LogP contribution in [-0.2, 0) is 6.42 Å². The summed E-state index contributed by atoms with van der Waals surface area (Å²) < 4.78 is 5.79. The number of primary amides is 1. The highest BCUT2D eigenvalue weighted by Crippen LogP contribution is 2.22. The summed E-state index contributed by atoms with van der Waals surface area (Å²) in [7, 11) is 0. The molecule has 3 aromatic rings. The zero-order chi connectivity index (χ0) is 19.2. The van der Waals surface area contributed by atoms with Gasteiger partial charge in [0.25, 0.3) is 11.6 Å². The lowest BCUT2D eigenvalue weighted by Gasteiger charge is -2.08. The summed E-state index contributed by atoms with van der Waals surface area (Å²) in [6.07, 6.45) is 2.25. The molecule has 0 saturated carbocycles. The summed E-state index contributed by atoms with van der Waals surface area (Å²) in [6, 6.07) is 10.8. The molecule has 0 fully saturated rings. The third kappa shape index (κ3) is 5.11. The molecule has 2 heterocycles. The first kappa shape index (κ1) is 18.5. The Labute approximate surface area is 160 Å². The number of nitrogens with one attached hydrogen (secondary N) is 2. The zero-order valence-electron chi connectivity index (χ0n) is 14.7. The number of aromatic nitrogens is 2. The second kappa shape index (κ2) is 8.41. The number of rotatable bonds is 7. The van der Waals surface area contributed by atoms with Gasteiger partial charge in [0, 0.05) is 18.0 Å². The first-order valence-corrected chi connectivity index (χ1v) is 9.18. The predicted molar refractivity (Wildman–Crippen MR) is 101 cm³/mol. The zero-order valence-corrected chi connectivity index (χ0v) is 15.5. The molecule has 0 unspecified atom stereocenters. The summed E-state index contributed by atoms with van der Waals surface area (Å²) in [5, 5.41) is 5.47. The Morgan fingerprint density at radius 2 is 2.07 bits per heavy atom. The van der Waals surface area contributed by atoms with Crippen molar-refractivity contribution in [3.05, 3.63) is 69.9 Å². The van der Waals surface area contributed by atoms with E-state index in [1.165, 1.54) is 11.3 Å². The van der Waals surface area contributed by atoms with Crippen molar-refractivity contribution >= 4 is 23.2 Å². The second-order valence-electron chi connectivity index (χ2n) is 5.81. The van der Waals surface area contributed by atoms with E-state index in [0.29, 0.717) is 30.2 Å². The number of H-pyrrole nitrogens is 1. The Kier molecular flexibility index (Phi) is 5.77. The fraction of sp³-hybridized carbons (Fsp3) is 0.158. The lowest BCUT2D eigenvalue weighted by atomic mass is 10.1. The Hall–Kier alpha value is -3.26. The minimum Gasteiger partial charge on any atom is -0.457 e. The summed E-state index contributed by atoms with van der Waals surface area (Å²) in [6.45, 7) is 2.36. The number of ether oxygens (including phenoxy) is 1. The smallest absolute Gasteiger partial charge is 0.313 e. The average molecular weight is 383 g/mol. The molecule has 138 valence electrons. The summed E-state index contributed by atoms with van der Waals surface area (Å²) in [5.41, 5.74) is 6.98. The fourth-order valence-electron chi connectivity index (χ4n) is 2.43. The van der Waals surface area contributed by atoms with Gasteiger partial charge in [-0.25, -0.2) is 9.97 Å². The molecule has 0 atom stereocenters. The third-order valence-corrected chi connectivity index (χ3v) is 4.50. The van der Waals surface area contributed by atoms with E-state index < -0.39 is 5.91 Å². The lowest BCUT2D eigenvalue weighted by molar-refractivity contribution is -0.382. The maximum atomic E-state index is 12.0. The molecule has 1 aromatic carbocycles. The minimum atomic E-state index is -0.555. The van der Waals surface area contributed by atoms with Crippen molar-refractivity contribution in [1.82, 2.24) is 10.3 Å². The maximum absolute atomic E-state index is 12.0. The number of nitrogens with two attached hydrogens (primary N) is 1. The van der Waals surface area contributed by atoms with Gasteiger partial charge in [0.05, 0.1) is 11.1 Å². The third-order valence-electron chi connectivity index (χ3n) is 3.72. The molecule has 0 aliphatic carbocycles. The van der Waals surface area contributed by atoms with Crippen LogP contribution in [-0.4, -0.2) is 23.3 Å². The number of aromatic amines is 1. The second-order valence-corrected chi connectivity index (χ2v) is 6.87. The predicted octanol–water partition coefficient (Wildman–Crippen LogP) is 2.13. The highest BCUT2D eigenvalue weighted by Gasteiger charge is 2.11. The minimum absolute atomic E-state index is 0.175. The van der Waals surface area contributed by atoms with E-state index in [4.69, 9.17) is 10.5 Å². The quantitative estimate of drug-likeness (QED) is 0.651. The van der Waals surface area contributed by atoms with E-state index in [1.54, 1.807) is 23.7 Å². The summed E-state index contributed by atoms with van der Waals surface area (Å²) >= 11 is 1.45. The van der Waals surface area contributed by atoms with E-state index in [-0.39, 0.29) is 11.6 Å². The van der Waals surface area contributed by atoms with Gasteiger partial charge in [-0.05, 0) is 31.0 Å². The number of nitrogens with zero attached hydrogens (tertiary/aromatic N) is 1. The Morgan fingerprint density at radius 1 is 1.26 bits per heavy atom. The standard InChI is InChI=1S/C19H18N4O3S/c1-12-23-17(11-27-12)19(25)22-7-5-13-3-2-4-14(9-13)26-15-6-8-21-16(10-15)18(20)24/h2-4,6,8-11H,5,7H2,1H3,(H2,20,24)(H,22,25)/p+1. The van der Waals surface area contributed by atoms with Crippen LogP contribution < -0.4 is 20.8 Å². The molecule has 7 nitrogen and oxygen atoms in total. The lowest BCUT2D eigenvalue weighted by Crippen LogP contribution is -2.25. The highest BCUT2D eigenvalue weighted by molar-refractivity contribution is 7.09. The molecule has 0 saturated heterocycles. The van der Waals surface area contributed by atoms with Gasteiger partial charge in [-0.3, -0.25) is 9.59 Å². The van der Waals surface area contributed by atoms with E-state index in [9.17, 15) is 9.59 Å². The van der Waals surface area contributed by atoms with Gasteiger partial charge >= 0.3 is 5.91 Å². The fourth-order valence-corrected chi connectivity index (χ4v) is 3.02.